The largest absolute Gasteiger partial charge is 0.527 e. The summed E-state index contributed by atoms with van der Waals surface area (Å²) in [7, 11) is 0. The second-order valence-electron chi connectivity index (χ2n) is 3.62. The molecule has 0 aromatic rings. The van der Waals surface area contributed by atoms with Crippen molar-refractivity contribution >= 4 is 5.97 Å². The van der Waals surface area contributed by atoms with Crippen LogP contribution in [0.5, 0.6) is 0 Å². The minimum Gasteiger partial charge on any atom is -0.369 e. The molecule has 0 rings (SSSR count). The first-order valence-corrected chi connectivity index (χ1v) is 4.83. The van der Waals surface area contributed by atoms with E-state index in [2.05, 4.69) is 10.7 Å². The fraction of sp³-hybridized carbons (Fsp3) is 0.857. The van der Waals surface area contributed by atoms with Crippen LogP contribution >= 0.6 is 0 Å². The number of carbonyl (C=O) groups is 1. The van der Waals surface area contributed by atoms with Crippen LogP contribution < -0.4 is 5.90 Å². The number of rotatable bonds is 7. The SMILES string of the molecule is NOC(=O)C(F)(F)C(F)OC(F)(F)C(F)(F)C(F)(F)OC(F)(F)F. The summed E-state index contributed by atoms with van der Waals surface area (Å²) in [6, 6.07) is 0. The molecule has 0 saturated carbocycles. The first-order valence-electron chi connectivity index (χ1n) is 4.83. The number of halogens is 12. The predicted molar refractivity (Wildman–Crippen MR) is 43.2 cm³/mol. The number of ether oxygens (including phenoxy) is 2. The van der Waals surface area contributed by atoms with Crippen LogP contribution in [0, 0.1) is 0 Å². The first-order chi connectivity index (χ1) is 10.3. The summed E-state index contributed by atoms with van der Waals surface area (Å²) in [5.74, 6) is -12.4. The number of nitrogens with two attached hydrogens (primary N) is 1. The van der Waals surface area contributed by atoms with Crippen LogP contribution in [-0.2, 0) is 19.1 Å². The van der Waals surface area contributed by atoms with Gasteiger partial charge in [-0.1, -0.05) is 0 Å². The average molecular weight is 393 g/mol. The quantitative estimate of drug-likeness (QED) is 0.532. The zero-order valence-corrected chi connectivity index (χ0v) is 10.3. The lowest BCUT2D eigenvalue weighted by atomic mass is 10.2. The molecule has 0 aliphatic rings. The minimum absolute atomic E-state index is 1.45. The summed E-state index contributed by atoms with van der Waals surface area (Å²) in [4.78, 5) is 12.9. The fourth-order valence-electron chi connectivity index (χ4n) is 0.828. The van der Waals surface area contributed by atoms with Crippen molar-refractivity contribution in [3.8, 4) is 0 Å². The number of hydrogen-bond acceptors (Lipinski definition) is 5. The molecule has 0 saturated heterocycles. The van der Waals surface area contributed by atoms with E-state index in [0.29, 0.717) is 0 Å². The molecule has 1 atom stereocenters. The summed E-state index contributed by atoms with van der Waals surface area (Å²) in [5, 5.41) is 0. The van der Waals surface area contributed by atoms with Crippen LogP contribution in [0.25, 0.3) is 0 Å². The smallest absolute Gasteiger partial charge is 0.369 e. The van der Waals surface area contributed by atoms with E-state index < -0.39 is 42.8 Å². The highest BCUT2D eigenvalue weighted by Crippen LogP contribution is 2.50. The maximum atomic E-state index is 12.8. The van der Waals surface area contributed by atoms with Gasteiger partial charge in [0.1, 0.15) is 0 Å². The third-order valence-corrected chi connectivity index (χ3v) is 1.89. The molecule has 0 radical (unpaired) electrons. The summed E-state index contributed by atoms with van der Waals surface area (Å²) < 4.78 is 152. The molecule has 0 amide bonds. The molecule has 0 aromatic carbocycles. The molecular formula is C7H3F12NO4. The van der Waals surface area contributed by atoms with Crippen molar-refractivity contribution < 1.29 is 71.8 Å². The number of hydrogen-bond donors (Lipinski definition) is 1. The highest BCUT2D eigenvalue weighted by atomic mass is 19.4. The monoisotopic (exact) mass is 393 g/mol. The lowest BCUT2D eigenvalue weighted by Crippen LogP contribution is -2.60. The number of carbonyl (C=O) groups excluding carboxylic acids is 1. The van der Waals surface area contributed by atoms with Gasteiger partial charge in [0.05, 0.1) is 0 Å². The van der Waals surface area contributed by atoms with Crippen LogP contribution in [0.3, 0.4) is 0 Å². The molecule has 0 bridgehead atoms. The lowest BCUT2D eigenvalue weighted by molar-refractivity contribution is -0.514. The Morgan fingerprint density at radius 1 is 0.833 bits per heavy atom. The van der Waals surface area contributed by atoms with E-state index in [1.807, 2.05) is 4.74 Å². The van der Waals surface area contributed by atoms with Crippen LogP contribution in [0.1, 0.15) is 0 Å². The third-order valence-electron chi connectivity index (χ3n) is 1.89. The molecule has 0 fully saturated rings. The van der Waals surface area contributed by atoms with Crippen LogP contribution in [0.2, 0.25) is 0 Å². The van der Waals surface area contributed by atoms with Gasteiger partial charge in [-0.2, -0.15) is 41.0 Å². The van der Waals surface area contributed by atoms with Crippen LogP contribution in [0.15, 0.2) is 0 Å². The molecule has 0 spiro atoms. The summed E-state index contributed by atoms with van der Waals surface area (Å²) in [6.45, 7) is 0. The molecule has 0 aliphatic heterocycles. The van der Waals surface area contributed by atoms with Crippen molar-refractivity contribution in [2.75, 3.05) is 0 Å². The Balaban J connectivity index is 5.53. The predicted octanol–water partition coefficient (Wildman–Crippen LogP) is 2.71. The van der Waals surface area contributed by atoms with Gasteiger partial charge in [0.15, 0.2) is 0 Å². The molecule has 0 heterocycles. The molecule has 24 heavy (non-hydrogen) atoms. The minimum atomic E-state index is -7.30. The average Bonchev–Trinajstić information content (AvgIpc) is 2.33. The molecule has 2 N–H and O–H groups in total. The lowest BCUT2D eigenvalue weighted by Gasteiger charge is -2.33. The van der Waals surface area contributed by atoms with Gasteiger partial charge in [-0.15, -0.1) is 13.2 Å². The Morgan fingerprint density at radius 3 is 1.58 bits per heavy atom. The summed E-state index contributed by atoms with van der Waals surface area (Å²) in [6.07, 6.45) is -25.7. The van der Waals surface area contributed by atoms with Crippen molar-refractivity contribution in [2.45, 2.75) is 36.8 Å². The van der Waals surface area contributed by atoms with Gasteiger partial charge < -0.3 is 4.84 Å². The fourth-order valence-corrected chi connectivity index (χ4v) is 0.828. The van der Waals surface area contributed by atoms with Gasteiger partial charge in [0, 0.05) is 0 Å². The Kier molecular flexibility index (Phi) is 6.03. The van der Waals surface area contributed by atoms with Crippen molar-refractivity contribution in [1.29, 1.82) is 0 Å². The third kappa shape index (κ3) is 4.53. The van der Waals surface area contributed by atoms with E-state index in [4.69, 9.17) is 0 Å². The van der Waals surface area contributed by atoms with Crippen LogP contribution in [-0.4, -0.2) is 42.8 Å². The second kappa shape index (κ2) is 6.43. The summed E-state index contributed by atoms with van der Waals surface area (Å²) in [5.41, 5.74) is 0. The standard InChI is InChI=1S/C7H3F12NO4/c8-1(3(9,10)2(21)23-20)22-5(13,14)4(11,12)6(15,16)24-7(17,18)19/h1H,20H2. The first kappa shape index (κ1) is 22.5. The summed E-state index contributed by atoms with van der Waals surface area (Å²) >= 11 is 0. The molecule has 1 unspecified atom stereocenters. The van der Waals surface area contributed by atoms with Crippen molar-refractivity contribution in [3.63, 3.8) is 0 Å². The van der Waals surface area contributed by atoms with Crippen LogP contribution in [0.4, 0.5) is 52.7 Å². The van der Waals surface area contributed by atoms with Gasteiger partial charge in [0.2, 0.25) is 0 Å². The van der Waals surface area contributed by atoms with E-state index in [0.717, 1.165) is 0 Å². The number of alkyl halides is 12. The Labute approximate surface area is 122 Å². The van der Waals surface area contributed by atoms with Crippen molar-refractivity contribution in [3.05, 3.63) is 0 Å². The second-order valence-corrected chi connectivity index (χ2v) is 3.62. The van der Waals surface area contributed by atoms with Gasteiger partial charge in [-0.25, -0.2) is 13.9 Å². The van der Waals surface area contributed by atoms with Crippen molar-refractivity contribution in [1.82, 2.24) is 0 Å². The van der Waals surface area contributed by atoms with Gasteiger partial charge in [-0.05, 0) is 0 Å². The van der Waals surface area contributed by atoms with E-state index in [1.54, 1.807) is 0 Å². The zero-order valence-electron chi connectivity index (χ0n) is 10.3. The maximum absolute atomic E-state index is 12.8. The van der Waals surface area contributed by atoms with E-state index in [1.165, 1.54) is 4.74 Å². The highest BCUT2D eigenvalue weighted by molar-refractivity contribution is 5.77. The molecule has 144 valence electrons. The van der Waals surface area contributed by atoms with Gasteiger partial charge >= 0.3 is 36.4 Å². The van der Waals surface area contributed by atoms with E-state index in [9.17, 15) is 57.5 Å². The molecule has 0 aromatic heterocycles. The Hall–Kier alpha value is -1.49. The highest BCUT2D eigenvalue weighted by Gasteiger charge is 2.78. The Bertz CT molecular complexity index is 463. The van der Waals surface area contributed by atoms with E-state index in [-0.39, 0.29) is 0 Å². The van der Waals surface area contributed by atoms with Crippen molar-refractivity contribution in [2.24, 2.45) is 5.90 Å². The maximum Gasteiger partial charge on any atom is 0.527 e. The molecule has 0 aliphatic carbocycles. The van der Waals surface area contributed by atoms with E-state index >= 15 is 0 Å². The van der Waals surface area contributed by atoms with Gasteiger partial charge in [0.25, 0.3) is 6.36 Å². The molecule has 5 nitrogen and oxygen atoms in total. The Morgan fingerprint density at radius 2 is 1.25 bits per heavy atom. The normalized spacial score (nSPS) is 16.0. The molecular weight excluding hydrogens is 390 g/mol. The topological polar surface area (TPSA) is 70.8 Å². The molecule has 17 heteroatoms. The van der Waals surface area contributed by atoms with Gasteiger partial charge in [-0.3, -0.25) is 4.74 Å². The zero-order chi connectivity index (χ0) is 19.8.